The lowest BCUT2D eigenvalue weighted by Crippen LogP contribution is -2.24. The number of nitrogens with zero attached hydrogens (tertiary/aromatic N) is 5. The third-order valence-electron chi connectivity index (χ3n) is 6.61. The highest BCUT2D eigenvalue weighted by atomic mass is 16.1. The lowest BCUT2D eigenvalue weighted by molar-refractivity contribution is 0.498. The number of hydrogen-bond donors (Lipinski definition) is 0. The zero-order valence-corrected chi connectivity index (χ0v) is 17.4. The van der Waals surface area contributed by atoms with Crippen LogP contribution in [0.15, 0.2) is 65.7 Å². The van der Waals surface area contributed by atoms with E-state index >= 15 is 0 Å². The summed E-state index contributed by atoms with van der Waals surface area (Å²) in [6.07, 6.45) is 6.10. The molecule has 0 spiro atoms. The Labute approximate surface area is 179 Å². The van der Waals surface area contributed by atoms with Gasteiger partial charge in [0.2, 0.25) is 0 Å². The number of hydrogen-bond acceptors (Lipinski definition) is 4. The molecule has 1 saturated carbocycles. The van der Waals surface area contributed by atoms with Gasteiger partial charge >= 0.3 is 0 Å². The van der Waals surface area contributed by atoms with E-state index in [1.165, 1.54) is 0 Å². The van der Waals surface area contributed by atoms with Crippen molar-refractivity contribution in [2.75, 3.05) is 0 Å². The molecular formula is C25H23N5O. The third kappa shape index (κ3) is 2.78. The Bertz CT molecular complexity index is 1480. The minimum Gasteiger partial charge on any atom is -0.301 e. The molecule has 1 fully saturated rings. The molecule has 6 heteroatoms. The molecule has 31 heavy (non-hydrogen) atoms. The highest BCUT2D eigenvalue weighted by molar-refractivity contribution is 6.04. The Kier molecular flexibility index (Phi) is 4.13. The summed E-state index contributed by atoms with van der Waals surface area (Å²) in [5.74, 6) is 0. The summed E-state index contributed by atoms with van der Waals surface area (Å²) in [4.78, 5) is 28.3. The Morgan fingerprint density at radius 1 is 0.903 bits per heavy atom. The Hall–Kier alpha value is -3.54. The van der Waals surface area contributed by atoms with Gasteiger partial charge in [0.1, 0.15) is 17.2 Å². The van der Waals surface area contributed by atoms with E-state index < -0.39 is 0 Å². The molecule has 1 aliphatic carbocycles. The highest BCUT2D eigenvalue weighted by Gasteiger charge is 2.25. The molecule has 6 nitrogen and oxygen atoms in total. The topological polar surface area (TPSA) is 65.6 Å². The first-order valence-electron chi connectivity index (χ1n) is 10.9. The second kappa shape index (κ2) is 7.01. The van der Waals surface area contributed by atoms with Crippen molar-refractivity contribution in [2.45, 2.75) is 44.7 Å². The summed E-state index contributed by atoms with van der Waals surface area (Å²) >= 11 is 0. The van der Waals surface area contributed by atoms with Crippen molar-refractivity contribution < 1.29 is 0 Å². The van der Waals surface area contributed by atoms with Crippen molar-refractivity contribution in [3.05, 3.63) is 76.8 Å². The number of para-hydroxylation sites is 2. The van der Waals surface area contributed by atoms with E-state index in [1.807, 2.05) is 47.0 Å². The summed E-state index contributed by atoms with van der Waals surface area (Å²) in [5.41, 5.74) is 4.73. The van der Waals surface area contributed by atoms with Crippen LogP contribution in [-0.4, -0.2) is 24.1 Å². The molecule has 3 heterocycles. The van der Waals surface area contributed by atoms with E-state index in [0.717, 1.165) is 42.3 Å². The van der Waals surface area contributed by atoms with Crippen molar-refractivity contribution in [3.63, 3.8) is 0 Å². The number of rotatable bonds is 3. The van der Waals surface area contributed by atoms with Crippen LogP contribution in [-0.2, 0) is 0 Å². The van der Waals surface area contributed by atoms with Gasteiger partial charge in [0.05, 0.1) is 17.1 Å². The van der Waals surface area contributed by atoms with Gasteiger partial charge in [0, 0.05) is 6.04 Å². The maximum Gasteiger partial charge on any atom is 0.265 e. The monoisotopic (exact) mass is 409 g/mol. The normalized spacial score (nSPS) is 15.9. The smallest absolute Gasteiger partial charge is 0.265 e. The van der Waals surface area contributed by atoms with E-state index in [0.29, 0.717) is 22.2 Å². The maximum atomic E-state index is 13.7. The Morgan fingerprint density at radius 3 is 2.32 bits per heavy atom. The molecule has 6 rings (SSSR count). The molecule has 0 N–H and O–H groups in total. The molecule has 1 aliphatic rings. The molecule has 0 radical (unpaired) electrons. The van der Waals surface area contributed by atoms with Gasteiger partial charge in [-0.25, -0.2) is 15.0 Å². The van der Waals surface area contributed by atoms with Gasteiger partial charge in [-0.15, -0.1) is 0 Å². The molecule has 0 aliphatic heterocycles. The Morgan fingerprint density at radius 2 is 1.58 bits per heavy atom. The molecule has 2 aromatic carbocycles. The lowest BCUT2D eigenvalue weighted by Gasteiger charge is -2.17. The summed E-state index contributed by atoms with van der Waals surface area (Å²) in [6, 6.07) is 18.3. The van der Waals surface area contributed by atoms with E-state index in [2.05, 4.69) is 23.6 Å². The van der Waals surface area contributed by atoms with E-state index in [4.69, 9.17) is 15.0 Å². The standard InChI is InChI=1S/C25H23N5O/c1-16(17-9-3-2-4-10-17)30-23-21(25(31)29(15-26-23)18-11-5-6-12-18)22-24(30)28-20-14-8-7-13-19(20)27-22/h2-4,7-10,13-16,18H,5-6,11-12H2,1H3/t16-/m1/s1. The van der Waals surface area contributed by atoms with Crippen LogP contribution < -0.4 is 5.56 Å². The van der Waals surface area contributed by atoms with Crippen molar-refractivity contribution >= 4 is 33.2 Å². The van der Waals surface area contributed by atoms with Gasteiger partial charge in [-0.2, -0.15) is 0 Å². The van der Waals surface area contributed by atoms with Crippen molar-refractivity contribution in [1.29, 1.82) is 0 Å². The molecule has 5 aromatic rings. The molecule has 1 atom stereocenters. The molecule has 0 unspecified atom stereocenters. The van der Waals surface area contributed by atoms with Gasteiger partial charge in [-0.1, -0.05) is 55.3 Å². The lowest BCUT2D eigenvalue weighted by atomic mass is 10.1. The molecule has 0 amide bonds. The fourth-order valence-electron chi connectivity index (χ4n) is 4.97. The maximum absolute atomic E-state index is 13.7. The van der Waals surface area contributed by atoms with Gasteiger partial charge in [-0.3, -0.25) is 9.36 Å². The SMILES string of the molecule is C[C@H](c1ccccc1)n1c2nc3ccccc3nc2c2c(=O)n(C3CCCC3)cnc21. The summed E-state index contributed by atoms with van der Waals surface area (Å²) in [7, 11) is 0. The highest BCUT2D eigenvalue weighted by Crippen LogP contribution is 2.32. The molecular weight excluding hydrogens is 386 g/mol. The first kappa shape index (κ1) is 18.2. The average Bonchev–Trinajstić information content (AvgIpc) is 3.44. The van der Waals surface area contributed by atoms with Crippen LogP contribution in [0.5, 0.6) is 0 Å². The van der Waals surface area contributed by atoms with E-state index in [1.54, 1.807) is 6.33 Å². The first-order chi connectivity index (χ1) is 15.2. The second-order valence-electron chi connectivity index (χ2n) is 8.44. The molecule has 154 valence electrons. The van der Waals surface area contributed by atoms with Crippen LogP contribution in [0.2, 0.25) is 0 Å². The zero-order valence-electron chi connectivity index (χ0n) is 17.4. The van der Waals surface area contributed by atoms with Crippen LogP contribution in [0.4, 0.5) is 0 Å². The fraction of sp³-hybridized carbons (Fsp3) is 0.280. The summed E-state index contributed by atoms with van der Waals surface area (Å²) in [6.45, 7) is 2.12. The minimum absolute atomic E-state index is 0.00880. The number of benzene rings is 2. The summed E-state index contributed by atoms with van der Waals surface area (Å²) < 4.78 is 3.89. The van der Waals surface area contributed by atoms with Crippen LogP contribution in [0, 0.1) is 0 Å². The van der Waals surface area contributed by atoms with Crippen molar-refractivity contribution in [1.82, 2.24) is 24.1 Å². The van der Waals surface area contributed by atoms with Crippen LogP contribution in [0.25, 0.3) is 33.2 Å². The van der Waals surface area contributed by atoms with Crippen LogP contribution in [0.3, 0.4) is 0 Å². The average molecular weight is 409 g/mol. The minimum atomic E-state index is -0.0362. The first-order valence-corrected chi connectivity index (χ1v) is 10.9. The predicted octanol–water partition coefficient (Wildman–Crippen LogP) is 5.02. The second-order valence-corrected chi connectivity index (χ2v) is 8.44. The van der Waals surface area contributed by atoms with Crippen LogP contribution >= 0.6 is 0 Å². The third-order valence-corrected chi connectivity index (χ3v) is 6.61. The predicted molar refractivity (Wildman–Crippen MR) is 122 cm³/mol. The van der Waals surface area contributed by atoms with Gasteiger partial charge in [0.15, 0.2) is 11.3 Å². The fourth-order valence-corrected chi connectivity index (χ4v) is 4.97. The van der Waals surface area contributed by atoms with Crippen molar-refractivity contribution in [3.8, 4) is 0 Å². The van der Waals surface area contributed by atoms with E-state index in [9.17, 15) is 4.79 Å². The molecule has 0 saturated heterocycles. The van der Waals surface area contributed by atoms with Gasteiger partial charge < -0.3 is 4.57 Å². The largest absolute Gasteiger partial charge is 0.301 e. The van der Waals surface area contributed by atoms with Crippen LogP contribution in [0.1, 0.15) is 50.3 Å². The quantitative estimate of drug-likeness (QED) is 0.420. The zero-order chi connectivity index (χ0) is 20.9. The van der Waals surface area contributed by atoms with Gasteiger partial charge in [0.25, 0.3) is 5.56 Å². The Balaban J connectivity index is 1.72. The van der Waals surface area contributed by atoms with E-state index in [-0.39, 0.29) is 17.6 Å². The molecule has 3 aromatic heterocycles. The van der Waals surface area contributed by atoms with Gasteiger partial charge in [-0.05, 0) is 37.5 Å². The summed E-state index contributed by atoms with van der Waals surface area (Å²) in [5, 5.41) is 0.574. The van der Waals surface area contributed by atoms with Crippen molar-refractivity contribution in [2.24, 2.45) is 0 Å². The number of aromatic nitrogens is 5. The molecule has 0 bridgehead atoms. The number of fused-ring (bicyclic) bond motifs is 4.